The van der Waals surface area contributed by atoms with Crippen molar-refractivity contribution in [3.8, 4) is 0 Å². The van der Waals surface area contributed by atoms with Gasteiger partial charge in [-0.1, -0.05) is 30.3 Å². The highest BCUT2D eigenvalue weighted by Crippen LogP contribution is 2.31. The van der Waals surface area contributed by atoms with Gasteiger partial charge in [0, 0.05) is 24.1 Å². The zero-order chi connectivity index (χ0) is 12.6. The monoisotopic (exact) mass is 263 g/mol. The molecule has 1 heterocycles. The van der Waals surface area contributed by atoms with Gasteiger partial charge in [0.2, 0.25) is 0 Å². The predicted octanol–water partition coefficient (Wildman–Crippen LogP) is 3.16. The maximum absolute atomic E-state index is 5.51. The third-order valence-corrected chi connectivity index (χ3v) is 4.16. The number of nitrogens with one attached hydrogen (secondary N) is 1. The third-order valence-electron chi connectivity index (χ3n) is 3.08. The summed E-state index contributed by atoms with van der Waals surface area (Å²) in [5.41, 5.74) is 2.93. The molecule has 0 saturated heterocycles. The molecule has 0 radical (unpaired) electrons. The predicted molar refractivity (Wildman–Crippen MR) is 79.0 cm³/mol. The van der Waals surface area contributed by atoms with Gasteiger partial charge in [0.15, 0.2) is 0 Å². The Morgan fingerprint density at radius 1 is 1.39 bits per heavy atom. The van der Waals surface area contributed by atoms with Crippen molar-refractivity contribution in [1.82, 2.24) is 5.32 Å². The van der Waals surface area contributed by atoms with Gasteiger partial charge in [-0.05, 0) is 17.5 Å². The van der Waals surface area contributed by atoms with Crippen LogP contribution in [0.15, 0.2) is 36.9 Å². The SMILES string of the molecule is C=CCCOCCNC1CSCc2ccccc21. The maximum atomic E-state index is 5.51. The van der Waals surface area contributed by atoms with Crippen molar-refractivity contribution in [3.05, 3.63) is 48.0 Å². The lowest BCUT2D eigenvalue weighted by molar-refractivity contribution is 0.138. The zero-order valence-electron chi connectivity index (χ0n) is 10.7. The van der Waals surface area contributed by atoms with Crippen LogP contribution in [0.3, 0.4) is 0 Å². The van der Waals surface area contributed by atoms with Crippen LogP contribution in [0.2, 0.25) is 0 Å². The van der Waals surface area contributed by atoms with Crippen molar-refractivity contribution in [3.63, 3.8) is 0 Å². The van der Waals surface area contributed by atoms with Crippen molar-refractivity contribution in [2.45, 2.75) is 18.2 Å². The molecule has 18 heavy (non-hydrogen) atoms. The highest BCUT2D eigenvalue weighted by Gasteiger charge is 2.18. The molecule has 0 bridgehead atoms. The van der Waals surface area contributed by atoms with Gasteiger partial charge in [-0.15, -0.1) is 6.58 Å². The van der Waals surface area contributed by atoms with Gasteiger partial charge in [0.05, 0.1) is 13.2 Å². The first-order chi connectivity index (χ1) is 8.92. The van der Waals surface area contributed by atoms with E-state index in [2.05, 4.69) is 36.2 Å². The van der Waals surface area contributed by atoms with Crippen LogP contribution in [0.5, 0.6) is 0 Å². The summed E-state index contributed by atoms with van der Waals surface area (Å²) in [4.78, 5) is 0. The van der Waals surface area contributed by atoms with Gasteiger partial charge >= 0.3 is 0 Å². The van der Waals surface area contributed by atoms with E-state index in [0.29, 0.717) is 6.04 Å². The van der Waals surface area contributed by atoms with E-state index in [1.54, 1.807) is 0 Å². The minimum Gasteiger partial charge on any atom is -0.380 e. The molecule has 1 aromatic carbocycles. The van der Waals surface area contributed by atoms with E-state index >= 15 is 0 Å². The van der Waals surface area contributed by atoms with E-state index in [9.17, 15) is 0 Å². The largest absolute Gasteiger partial charge is 0.380 e. The topological polar surface area (TPSA) is 21.3 Å². The lowest BCUT2D eigenvalue weighted by Gasteiger charge is -2.26. The molecule has 0 saturated carbocycles. The fourth-order valence-corrected chi connectivity index (χ4v) is 3.26. The molecule has 0 aliphatic carbocycles. The summed E-state index contributed by atoms with van der Waals surface area (Å²) in [6, 6.07) is 9.20. The first-order valence-corrected chi connectivity index (χ1v) is 7.65. The van der Waals surface area contributed by atoms with Crippen LogP contribution in [0, 0.1) is 0 Å². The van der Waals surface area contributed by atoms with E-state index in [1.165, 1.54) is 11.1 Å². The summed E-state index contributed by atoms with van der Waals surface area (Å²) in [6.45, 7) is 6.15. The third kappa shape index (κ3) is 3.87. The summed E-state index contributed by atoms with van der Waals surface area (Å²) in [7, 11) is 0. The minimum absolute atomic E-state index is 0.475. The lowest BCUT2D eigenvalue weighted by Crippen LogP contribution is -2.29. The lowest BCUT2D eigenvalue weighted by atomic mass is 10.0. The molecule has 1 aromatic rings. The average molecular weight is 263 g/mol. The second kappa shape index (κ2) is 7.62. The molecule has 1 aliphatic heterocycles. The van der Waals surface area contributed by atoms with Crippen molar-refractivity contribution >= 4 is 11.8 Å². The Bertz CT molecular complexity index is 381. The Hall–Kier alpha value is -0.770. The van der Waals surface area contributed by atoms with Gasteiger partial charge in [-0.25, -0.2) is 0 Å². The molecule has 98 valence electrons. The van der Waals surface area contributed by atoms with Crippen molar-refractivity contribution in [2.24, 2.45) is 0 Å². The van der Waals surface area contributed by atoms with Crippen LogP contribution in [0.25, 0.3) is 0 Å². The molecule has 3 heteroatoms. The zero-order valence-corrected chi connectivity index (χ0v) is 11.5. The number of hydrogen-bond acceptors (Lipinski definition) is 3. The molecule has 0 amide bonds. The summed E-state index contributed by atoms with van der Waals surface area (Å²) in [5.74, 6) is 2.30. The van der Waals surface area contributed by atoms with E-state index in [-0.39, 0.29) is 0 Å². The quantitative estimate of drug-likeness (QED) is 0.603. The Labute approximate surface area is 114 Å². The van der Waals surface area contributed by atoms with Crippen LogP contribution >= 0.6 is 11.8 Å². The molecular weight excluding hydrogens is 242 g/mol. The Morgan fingerprint density at radius 3 is 3.17 bits per heavy atom. The number of benzene rings is 1. The van der Waals surface area contributed by atoms with Crippen molar-refractivity contribution < 1.29 is 4.74 Å². The number of rotatable bonds is 7. The van der Waals surface area contributed by atoms with Gasteiger partial charge in [-0.3, -0.25) is 0 Å². The fraction of sp³-hybridized carbons (Fsp3) is 0.467. The normalized spacial score (nSPS) is 18.3. The van der Waals surface area contributed by atoms with Gasteiger partial charge < -0.3 is 10.1 Å². The van der Waals surface area contributed by atoms with Crippen molar-refractivity contribution in [2.75, 3.05) is 25.5 Å². The molecule has 0 spiro atoms. The fourth-order valence-electron chi connectivity index (χ4n) is 2.13. The molecule has 0 fully saturated rings. The van der Waals surface area contributed by atoms with Crippen LogP contribution in [0.4, 0.5) is 0 Å². The smallest absolute Gasteiger partial charge is 0.0591 e. The number of fused-ring (bicyclic) bond motifs is 1. The molecule has 1 atom stereocenters. The van der Waals surface area contributed by atoms with Crippen LogP contribution in [-0.4, -0.2) is 25.5 Å². The number of ether oxygens (including phenoxy) is 1. The standard InChI is InChI=1S/C15H21NOS/c1-2-3-9-17-10-8-16-15-12-18-11-13-6-4-5-7-14(13)15/h2,4-7,15-16H,1,3,8-12H2. The Morgan fingerprint density at radius 2 is 2.28 bits per heavy atom. The second-order valence-corrected chi connectivity index (χ2v) is 5.44. The molecule has 2 rings (SSSR count). The molecule has 1 aliphatic rings. The van der Waals surface area contributed by atoms with Crippen molar-refractivity contribution in [1.29, 1.82) is 0 Å². The summed E-state index contributed by atoms with van der Waals surface area (Å²) in [5, 5.41) is 3.58. The number of thioether (sulfide) groups is 1. The summed E-state index contributed by atoms with van der Waals surface area (Å²) in [6.07, 6.45) is 2.82. The average Bonchev–Trinajstić information content (AvgIpc) is 2.43. The maximum Gasteiger partial charge on any atom is 0.0591 e. The van der Waals surface area contributed by atoms with Gasteiger partial charge in [0.1, 0.15) is 0 Å². The molecule has 2 nitrogen and oxygen atoms in total. The van der Waals surface area contributed by atoms with Crippen LogP contribution < -0.4 is 5.32 Å². The molecule has 0 aromatic heterocycles. The number of hydrogen-bond donors (Lipinski definition) is 1. The van der Waals surface area contributed by atoms with E-state index in [4.69, 9.17) is 4.74 Å². The summed E-state index contributed by atoms with van der Waals surface area (Å²) >= 11 is 2.00. The molecule has 1 N–H and O–H groups in total. The second-order valence-electron chi connectivity index (χ2n) is 4.41. The van der Waals surface area contributed by atoms with Crippen LogP contribution in [-0.2, 0) is 10.5 Å². The minimum atomic E-state index is 0.475. The van der Waals surface area contributed by atoms with E-state index in [1.807, 2.05) is 17.8 Å². The van der Waals surface area contributed by atoms with E-state index in [0.717, 1.165) is 37.7 Å². The Balaban J connectivity index is 1.75. The van der Waals surface area contributed by atoms with Gasteiger partial charge in [0.25, 0.3) is 0 Å². The summed E-state index contributed by atoms with van der Waals surface area (Å²) < 4.78 is 5.51. The van der Waals surface area contributed by atoms with Crippen LogP contribution in [0.1, 0.15) is 23.6 Å². The highest BCUT2D eigenvalue weighted by atomic mass is 32.2. The molecular formula is C15H21NOS. The Kier molecular flexibility index (Phi) is 5.78. The van der Waals surface area contributed by atoms with Gasteiger partial charge in [-0.2, -0.15) is 11.8 Å². The highest BCUT2D eigenvalue weighted by molar-refractivity contribution is 7.98. The molecule has 1 unspecified atom stereocenters. The first-order valence-electron chi connectivity index (χ1n) is 6.49. The first kappa shape index (κ1) is 13.7. The van der Waals surface area contributed by atoms with E-state index < -0.39 is 0 Å².